The highest BCUT2D eigenvalue weighted by atomic mass is 35.5. The van der Waals surface area contributed by atoms with E-state index in [1.54, 1.807) is 0 Å². The summed E-state index contributed by atoms with van der Waals surface area (Å²) in [5, 5.41) is 1.20. The first-order valence-corrected chi connectivity index (χ1v) is 10.9. The minimum atomic E-state index is 0.599. The van der Waals surface area contributed by atoms with Gasteiger partial charge in [-0.15, -0.1) is 0 Å². The molecule has 0 bridgehead atoms. The molecule has 2 aliphatic heterocycles. The Bertz CT molecular complexity index is 890. The molecule has 0 saturated carbocycles. The summed E-state index contributed by atoms with van der Waals surface area (Å²) in [5.74, 6) is 0. The molecule has 4 rings (SSSR count). The van der Waals surface area contributed by atoms with Crippen LogP contribution < -0.4 is 9.80 Å². The second-order valence-corrected chi connectivity index (χ2v) is 8.74. The van der Waals surface area contributed by atoms with Crippen LogP contribution in [0.5, 0.6) is 0 Å². The summed E-state index contributed by atoms with van der Waals surface area (Å²) in [6, 6.07) is 14.6. The van der Waals surface area contributed by atoms with Crippen molar-refractivity contribution in [3.63, 3.8) is 0 Å². The maximum Gasteiger partial charge on any atom is 0.0612 e. The van der Waals surface area contributed by atoms with E-state index in [1.165, 1.54) is 16.9 Å². The van der Waals surface area contributed by atoms with Gasteiger partial charge in [-0.2, -0.15) is 0 Å². The van der Waals surface area contributed by atoms with Gasteiger partial charge in [0.25, 0.3) is 0 Å². The van der Waals surface area contributed by atoms with Crippen LogP contribution in [0.2, 0.25) is 10.0 Å². The SMILES string of the molecule is CN1CCN(c2ccccc2C=C2CN(c3ccc(Cl)c(Cl)c3)CCN2C)CC1. The number of hydrogen-bond donors (Lipinski definition) is 0. The van der Waals surface area contributed by atoms with E-state index in [4.69, 9.17) is 23.2 Å². The Hall–Kier alpha value is -1.88. The van der Waals surface area contributed by atoms with Gasteiger partial charge in [0, 0.05) is 63.4 Å². The fourth-order valence-corrected chi connectivity index (χ4v) is 4.28. The number of likely N-dealkylation sites (N-methyl/N-ethyl adjacent to an activating group) is 2. The molecule has 0 atom stereocenters. The van der Waals surface area contributed by atoms with E-state index >= 15 is 0 Å². The van der Waals surface area contributed by atoms with Gasteiger partial charge in [0.15, 0.2) is 0 Å². The van der Waals surface area contributed by atoms with E-state index in [-0.39, 0.29) is 0 Å². The molecule has 0 unspecified atom stereocenters. The summed E-state index contributed by atoms with van der Waals surface area (Å²) in [4.78, 5) is 9.62. The Balaban J connectivity index is 1.59. The average Bonchev–Trinajstić information content (AvgIpc) is 2.73. The summed E-state index contributed by atoms with van der Waals surface area (Å²) in [6.07, 6.45) is 2.34. The lowest BCUT2D eigenvalue weighted by Crippen LogP contribution is -2.45. The molecule has 2 fully saturated rings. The van der Waals surface area contributed by atoms with E-state index < -0.39 is 0 Å². The van der Waals surface area contributed by atoms with Crippen molar-refractivity contribution in [3.05, 3.63) is 63.8 Å². The molecule has 0 aromatic heterocycles. The highest BCUT2D eigenvalue weighted by Gasteiger charge is 2.21. The molecule has 0 spiro atoms. The smallest absolute Gasteiger partial charge is 0.0612 e. The van der Waals surface area contributed by atoms with Gasteiger partial charge in [0.1, 0.15) is 0 Å². The van der Waals surface area contributed by atoms with Crippen LogP contribution in [0.3, 0.4) is 0 Å². The van der Waals surface area contributed by atoms with Gasteiger partial charge >= 0.3 is 0 Å². The molecule has 29 heavy (non-hydrogen) atoms. The highest BCUT2D eigenvalue weighted by molar-refractivity contribution is 6.42. The zero-order valence-corrected chi connectivity index (χ0v) is 18.6. The predicted octanol–water partition coefficient (Wildman–Crippen LogP) is 4.54. The van der Waals surface area contributed by atoms with E-state index in [0.29, 0.717) is 10.0 Å². The molecule has 0 amide bonds. The zero-order valence-electron chi connectivity index (χ0n) is 17.1. The summed E-state index contributed by atoms with van der Waals surface area (Å²) in [6.45, 7) is 7.15. The van der Waals surface area contributed by atoms with Crippen molar-refractivity contribution in [1.29, 1.82) is 0 Å². The Morgan fingerprint density at radius 1 is 0.793 bits per heavy atom. The molecule has 2 saturated heterocycles. The standard InChI is InChI=1S/C23H28Cl2N4/c1-26-9-12-28(13-10-26)23-6-4-3-5-18(23)15-20-17-29(14-11-27(20)2)19-7-8-21(24)22(25)16-19/h3-8,15-16H,9-14,17H2,1-2H3. The van der Waals surface area contributed by atoms with Crippen LogP contribution in [0.25, 0.3) is 6.08 Å². The van der Waals surface area contributed by atoms with Crippen LogP contribution in [-0.2, 0) is 0 Å². The number of halogens is 2. The molecule has 2 aromatic carbocycles. The minimum Gasteiger partial charge on any atom is -0.375 e. The van der Waals surface area contributed by atoms with Gasteiger partial charge in [-0.1, -0.05) is 41.4 Å². The van der Waals surface area contributed by atoms with Gasteiger partial charge in [0.05, 0.1) is 16.6 Å². The first-order chi connectivity index (χ1) is 14.0. The van der Waals surface area contributed by atoms with Crippen LogP contribution in [0, 0.1) is 0 Å². The molecule has 6 heteroatoms. The zero-order chi connectivity index (χ0) is 20.4. The highest BCUT2D eigenvalue weighted by Crippen LogP contribution is 2.30. The predicted molar refractivity (Wildman–Crippen MR) is 125 cm³/mol. The lowest BCUT2D eigenvalue weighted by Gasteiger charge is -2.38. The number of piperazine rings is 2. The Morgan fingerprint density at radius 3 is 2.28 bits per heavy atom. The third-order valence-electron chi connectivity index (χ3n) is 5.92. The molecule has 0 radical (unpaired) electrons. The fraction of sp³-hybridized carbons (Fsp3) is 0.391. The second-order valence-electron chi connectivity index (χ2n) is 7.93. The topological polar surface area (TPSA) is 13.0 Å². The van der Waals surface area contributed by atoms with Gasteiger partial charge in [-0.05, 0) is 43.0 Å². The normalized spacial score (nSPS) is 19.9. The van der Waals surface area contributed by atoms with Crippen molar-refractivity contribution >= 4 is 40.7 Å². The largest absolute Gasteiger partial charge is 0.375 e. The van der Waals surface area contributed by atoms with Crippen LogP contribution in [0.1, 0.15) is 5.56 Å². The van der Waals surface area contributed by atoms with E-state index in [1.807, 2.05) is 12.1 Å². The lowest BCUT2D eigenvalue weighted by molar-refractivity contribution is 0.313. The molecular weight excluding hydrogens is 403 g/mol. The second kappa shape index (κ2) is 8.86. The molecule has 2 aliphatic rings. The first kappa shape index (κ1) is 20.4. The Morgan fingerprint density at radius 2 is 1.52 bits per heavy atom. The third-order valence-corrected chi connectivity index (χ3v) is 6.66. The van der Waals surface area contributed by atoms with Gasteiger partial charge in [-0.3, -0.25) is 0 Å². The Kier molecular flexibility index (Phi) is 6.23. The third kappa shape index (κ3) is 4.66. The minimum absolute atomic E-state index is 0.599. The lowest BCUT2D eigenvalue weighted by atomic mass is 10.1. The molecular formula is C23H28Cl2N4. The molecule has 4 nitrogen and oxygen atoms in total. The van der Waals surface area contributed by atoms with Gasteiger partial charge in [0.2, 0.25) is 0 Å². The number of rotatable bonds is 3. The van der Waals surface area contributed by atoms with Crippen LogP contribution >= 0.6 is 23.2 Å². The summed E-state index contributed by atoms with van der Waals surface area (Å²) < 4.78 is 0. The fourth-order valence-electron chi connectivity index (χ4n) is 3.99. The van der Waals surface area contributed by atoms with Crippen molar-refractivity contribution in [2.45, 2.75) is 0 Å². The number of nitrogens with zero attached hydrogens (tertiary/aromatic N) is 4. The number of hydrogen-bond acceptors (Lipinski definition) is 4. The molecule has 2 heterocycles. The first-order valence-electron chi connectivity index (χ1n) is 10.2. The van der Waals surface area contributed by atoms with Crippen molar-refractivity contribution in [3.8, 4) is 0 Å². The van der Waals surface area contributed by atoms with Crippen molar-refractivity contribution in [2.75, 3.05) is 69.7 Å². The molecule has 154 valence electrons. The monoisotopic (exact) mass is 430 g/mol. The van der Waals surface area contributed by atoms with E-state index in [2.05, 4.69) is 70.1 Å². The summed E-state index contributed by atoms with van der Waals surface area (Å²) >= 11 is 12.4. The maximum absolute atomic E-state index is 6.25. The summed E-state index contributed by atoms with van der Waals surface area (Å²) in [7, 11) is 4.37. The number of anilines is 2. The Labute approximate surface area is 183 Å². The van der Waals surface area contributed by atoms with Gasteiger partial charge in [-0.25, -0.2) is 0 Å². The average molecular weight is 431 g/mol. The quantitative estimate of drug-likeness (QED) is 0.708. The number of benzene rings is 2. The van der Waals surface area contributed by atoms with Crippen molar-refractivity contribution < 1.29 is 0 Å². The van der Waals surface area contributed by atoms with Crippen LogP contribution in [-0.4, -0.2) is 69.7 Å². The van der Waals surface area contributed by atoms with Crippen LogP contribution in [0.4, 0.5) is 11.4 Å². The molecule has 0 N–H and O–H groups in total. The van der Waals surface area contributed by atoms with Crippen molar-refractivity contribution in [2.24, 2.45) is 0 Å². The number of para-hydroxylation sites is 1. The molecule has 2 aromatic rings. The van der Waals surface area contributed by atoms with Gasteiger partial charge < -0.3 is 19.6 Å². The van der Waals surface area contributed by atoms with E-state index in [9.17, 15) is 0 Å². The van der Waals surface area contributed by atoms with Crippen LogP contribution in [0.15, 0.2) is 48.2 Å². The summed E-state index contributed by atoms with van der Waals surface area (Å²) in [5.41, 5.74) is 5.04. The maximum atomic E-state index is 6.25. The van der Waals surface area contributed by atoms with E-state index in [0.717, 1.165) is 51.5 Å². The molecule has 0 aliphatic carbocycles. The van der Waals surface area contributed by atoms with Crippen molar-refractivity contribution in [1.82, 2.24) is 9.80 Å².